The molecule has 2 heterocycles. The van der Waals surface area contributed by atoms with Crippen LogP contribution in [0.15, 0.2) is 66.7 Å². The van der Waals surface area contributed by atoms with Gasteiger partial charge >= 0.3 is 0 Å². The van der Waals surface area contributed by atoms with Crippen molar-refractivity contribution in [1.82, 2.24) is 30.4 Å². The van der Waals surface area contributed by atoms with Gasteiger partial charge in [0, 0.05) is 11.1 Å². The van der Waals surface area contributed by atoms with Gasteiger partial charge in [-0.2, -0.15) is 9.61 Å². The van der Waals surface area contributed by atoms with Crippen LogP contribution in [0.1, 0.15) is 21.7 Å². The van der Waals surface area contributed by atoms with E-state index < -0.39 is 0 Å². The molecule has 2 amide bonds. The van der Waals surface area contributed by atoms with Crippen molar-refractivity contribution in [3.05, 3.63) is 83.7 Å². The Hall–Kier alpha value is -4.07. The van der Waals surface area contributed by atoms with Crippen molar-refractivity contribution in [2.75, 3.05) is 6.54 Å². The number of fused-ring (bicyclic) bond motifs is 1. The lowest BCUT2D eigenvalue weighted by Crippen LogP contribution is -2.36. The summed E-state index contributed by atoms with van der Waals surface area (Å²) in [6.45, 7) is 2.04. The molecule has 0 aliphatic carbocycles. The van der Waals surface area contributed by atoms with Gasteiger partial charge in [-0.05, 0) is 31.2 Å². The first-order valence-electron chi connectivity index (χ1n) is 9.48. The topological polar surface area (TPSA) is 101 Å². The van der Waals surface area contributed by atoms with Crippen LogP contribution < -0.4 is 10.6 Å². The number of benzene rings is 2. The Morgan fingerprint density at radius 2 is 1.67 bits per heavy atom. The van der Waals surface area contributed by atoms with E-state index in [4.69, 9.17) is 0 Å². The van der Waals surface area contributed by atoms with Crippen LogP contribution in [0.4, 0.5) is 0 Å². The molecule has 0 spiro atoms. The second kappa shape index (κ2) is 8.52. The molecule has 30 heavy (non-hydrogen) atoms. The molecule has 0 saturated carbocycles. The van der Waals surface area contributed by atoms with Crippen molar-refractivity contribution in [2.45, 2.75) is 13.5 Å². The van der Waals surface area contributed by atoms with Crippen LogP contribution in [0.25, 0.3) is 16.9 Å². The molecular weight excluding hydrogens is 380 g/mol. The first-order chi connectivity index (χ1) is 14.6. The SMILES string of the molecule is Cc1ccc(-c2ccc3nnc(CNC(=O)CNC(=O)c4ccccc4)n3n2)cc1. The fraction of sp³-hybridized carbons (Fsp3) is 0.136. The van der Waals surface area contributed by atoms with Gasteiger partial charge in [0.15, 0.2) is 11.5 Å². The van der Waals surface area contributed by atoms with Crippen molar-refractivity contribution in [3.63, 3.8) is 0 Å². The van der Waals surface area contributed by atoms with Gasteiger partial charge in [-0.25, -0.2) is 0 Å². The highest BCUT2D eigenvalue weighted by Crippen LogP contribution is 2.18. The van der Waals surface area contributed by atoms with Crippen molar-refractivity contribution in [1.29, 1.82) is 0 Å². The monoisotopic (exact) mass is 400 g/mol. The van der Waals surface area contributed by atoms with Gasteiger partial charge < -0.3 is 10.6 Å². The summed E-state index contributed by atoms with van der Waals surface area (Å²) in [7, 11) is 0. The molecule has 0 unspecified atom stereocenters. The number of amides is 2. The molecule has 0 saturated heterocycles. The zero-order valence-corrected chi connectivity index (χ0v) is 16.4. The van der Waals surface area contributed by atoms with Gasteiger partial charge in [-0.15, -0.1) is 10.2 Å². The quantitative estimate of drug-likeness (QED) is 0.516. The standard InChI is InChI=1S/C22H20N6O2/c1-15-7-9-16(10-8-15)18-11-12-19-25-26-20(28(19)27-18)13-23-21(29)14-24-22(30)17-5-3-2-4-6-17/h2-12H,13-14H2,1H3,(H,23,29)(H,24,30). The van der Waals surface area contributed by atoms with E-state index in [2.05, 4.69) is 25.9 Å². The van der Waals surface area contributed by atoms with Gasteiger partial charge in [0.25, 0.3) is 5.91 Å². The van der Waals surface area contributed by atoms with E-state index in [1.807, 2.05) is 49.4 Å². The van der Waals surface area contributed by atoms with Crippen LogP contribution >= 0.6 is 0 Å². The Balaban J connectivity index is 1.40. The van der Waals surface area contributed by atoms with E-state index in [1.54, 1.807) is 28.8 Å². The Bertz CT molecular complexity index is 1190. The second-order valence-corrected chi connectivity index (χ2v) is 6.80. The van der Waals surface area contributed by atoms with Crippen LogP contribution in [0.5, 0.6) is 0 Å². The molecule has 2 aromatic carbocycles. The highest BCUT2D eigenvalue weighted by Gasteiger charge is 2.11. The van der Waals surface area contributed by atoms with Crippen molar-refractivity contribution < 1.29 is 9.59 Å². The first-order valence-corrected chi connectivity index (χ1v) is 9.48. The summed E-state index contributed by atoms with van der Waals surface area (Å²) >= 11 is 0. The molecule has 0 radical (unpaired) electrons. The van der Waals surface area contributed by atoms with Crippen molar-refractivity contribution >= 4 is 17.5 Å². The molecule has 8 heteroatoms. The minimum absolute atomic E-state index is 0.132. The zero-order chi connectivity index (χ0) is 20.9. The molecule has 0 atom stereocenters. The van der Waals surface area contributed by atoms with E-state index in [0.717, 1.165) is 11.3 Å². The minimum atomic E-state index is -0.328. The third-order valence-corrected chi connectivity index (χ3v) is 4.56. The summed E-state index contributed by atoms with van der Waals surface area (Å²) in [6, 6.07) is 20.5. The molecule has 8 nitrogen and oxygen atoms in total. The Labute approximate surface area is 173 Å². The number of carbonyl (C=O) groups is 2. The average molecular weight is 400 g/mol. The number of hydrogen-bond donors (Lipinski definition) is 2. The summed E-state index contributed by atoms with van der Waals surface area (Å²) in [6.07, 6.45) is 0. The summed E-state index contributed by atoms with van der Waals surface area (Å²) < 4.78 is 1.61. The Morgan fingerprint density at radius 3 is 2.43 bits per heavy atom. The van der Waals surface area contributed by atoms with Crippen LogP contribution in [0.2, 0.25) is 0 Å². The highest BCUT2D eigenvalue weighted by molar-refractivity contribution is 5.96. The molecule has 150 valence electrons. The maximum atomic E-state index is 12.1. The Kier molecular flexibility index (Phi) is 5.47. The molecule has 0 fully saturated rings. The van der Waals surface area contributed by atoms with Gasteiger partial charge in [-0.1, -0.05) is 48.0 Å². The number of aryl methyl sites for hydroxylation is 1. The predicted octanol–water partition coefficient (Wildman–Crippen LogP) is 2.15. The summed E-state index contributed by atoms with van der Waals surface area (Å²) in [5, 5.41) is 18.1. The molecule has 0 bridgehead atoms. The highest BCUT2D eigenvalue weighted by atomic mass is 16.2. The Morgan fingerprint density at radius 1 is 0.900 bits per heavy atom. The lowest BCUT2D eigenvalue weighted by Gasteiger charge is -2.07. The fourth-order valence-electron chi connectivity index (χ4n) is 2.91. The number of carbonyl (C=O) groups excluding carboxylic acids is 2. The van der Waals surface area contributed by atoms with Crippen molar-refractivity contribution in [2.24, 2.45) is 0 Å². The summed E-state index contributed by atoms with van der Waals surface area (Å²) in [5.41, 5.74) is 4.03. The van der Waals surface area contributed by atoms with Crippen LogP contribution in [-0.2, 0) is 11.3 Å². The molecule has 0 aliphatic heterocycles. The zero-order valence-electron chi connectivity index (χ0n) is 16.4. The van der Waals surface area contributed by atoms with Crippen LogP contribution in [0, 0.1) is 6.92 Å². The smallest absolute Gasteiger partial charge is 0.251 e. The van der Waals surface area contributed by atoms with Gasteiger partial charge in [0.1, 0.15) is 0 Å². The summed E-state index contributed by atoms with van der Waals surface area (Å²) in [5.74, 6) is -0.129. The van der Waals surface area contributed by atoms with Gasteiger partial charge in [0.2, 0.25) is 5.91 Å². The maximum Gasteiger partial charge on any atom is 0.251 e. The third kappa shape index (κ3) is 4.33. The minimum Gasteiger partial charge on any atom is -0.347 e. The number of hydrogen-bond acceptors (Lipinski definition) is 5. The first kappa shape index (κ1) is 19.3. The normalized spacial score (nSPS) is 10.7. The molecular formula is C22H20N6O2. The van der Waals surface area contributed by atoms with Crippen LogP contribution in [-0.4, -0.2) is 38.2 Å². The molecule has 2 aromatic heterocycles. The summed E-state index contributed by atoms with van der Waals surface area (Å²) in [4.78, 5) is 24.1. The van der Waals surface area contributed by atoms with Gasteiger partial charge in [-0.3, -0.25) is 9.59 Å². The molecule has 4 aromatic rings. The predicted molar refractivity (Wildman–Crippen MR) is 112 cm³/mol. The van der Waals surface area contributed by atoms with Crippen LogP contribution in [0.3, 0.4) is 0 Å². The third-order valence-electron chi connectivity index (χ3n) is 4.56. The fourth-order valence-corrected chi connectivity index (χ4v) is 2.91. The number of nitrogens with zero attached hydrogens (tertiary/aromatic N) is 4. The molecule has 2 N–H and O–H groups in total. The lowest BCUT2D eigenvalue weighted by molar-refractivity contribution is -0.120. The largest absolute Gasteiger partial charge is 0.347 e. The second-order valence-electron chi connectivity index (χ2n) is 6.80. The van der Waals surface area contributed by atoms with Gasteiger partial charge in [0.05, 0.1) is 18.8 Å². The maximum absolute atomic E-state index is 12.1. The van der Waals surface area contributed by atoms with E-state index in [0.29, 0.717) is 17.0 Å². The van der Waals surface area contributed by atoms with E-state index in [1.165, 1.54) is 5.56 Å². The average Bonchev–Trinajstić information content (AvgIpc) is 3.19. The molecule has 0 aliphatic rings. The lowest BCUT2D eigenvalue weighted by atomic mass is 10.1. The number of nitrogens with one attached hydrogen (secondary N) is 2. The number of aromatic nitrogens is 4. The van der Waals surface area contributed by atoms with E-state index in [9.17, 15) is 9.59 Å². The van der Waals surface area contributed by atoms with Crippen molar-refractivity contribution in [3.8, 4) is 11.3 Å². The van der Waals surface area contributed by atoms with E-state index >= 15 is 0 Å². The molecule has 4 rings (SSSR count). The number of rotatable bonds is 6. The van der Waals surface area contributed by atoms with E-state index in [-0.39, 0.29) is 24.9 Å².